The van der Waals surface area contributed by atoms with E-state index in [-0.39, 0.29) is 24.4 Å². The number of carboxylic acids is 1. The number of allylic oxidation sites excluding steroid dienone is 4. The predicted molar refractivity (Wildman–Crippen MR) is 174 cm³/mol. The van der Waals surface area contributed by atoms with Crippen molar-refractivity contribution in [2.45, 2.75) is 76.2 Å². The summed E-state index contributed by atoms with van der Waals surface area (Å²) in [4.78, 5) is 18.2. The summed E-state index contributed by atoms with van der Waals surface area (Å²) in [5.41, 5.74) is 2.62. The van der Waals surface area contributed by atoms with E-state index < -0.39 is 29.3 Å². The maximum Gasteiger partial charge on any atom is 0.303 e. The lowest BCUT2D eigenvalue weighted by molar-refractivity contribution is -0.136. The van der Waals surface area contributed by atoms with Gasteiger partial charge in [-0.1, -0.05) is 56.5 Å². The number of aliphatic imine (C=N–C) groups is 1. The maximum absolute atomic E-state index is 15.6. The topological polar surface area (TPSA) is 107 Å². The Morgan fingerprint density at radius 1 is 1.18 bits per heavy atom. The molecule has 0 radical (unpaired) electrons. The van der Waals surface area contributed by atoms with Gasteiger partial charge >= 0.3 is 5.97 Å². The molecule has 4 N–H and O–H groups in total. The van der Waals surface area contributed by atoms with E-state index in [9.17, 15) is 15.0 Å². The number of aryl methyl sites for hydroxylation is 1. The molecule has 4 rings (SSSR count). The maximum atomic E-state index is 15.6. The second-order valence-electron chi connectivity index (χ2n) is 11.6. The minimum absolute atomic E-state index is 0.00300. The number of hydrogen-bond donors (Lipinski definition) is 4. The molecule has 2 unspecified atom stereocenters. The number of carbonyl (C=O) groups is 1. The highest BCUT2D eigenvalue weighted by Gasteiger charge is 2.32. The minimum atomic E-state index is -0.877. The van der Waals surface area contributed by atoms with Crippen LogP contribution in [-0.2, 0) is 23.1 Å². The number of aliphatic carboxylic acids is 1. The van der Waals surface area contributed by atoms with Gasteiger partial charge in [0.2, 0.25) is 0 Å². The molecule has 0 saturated heterocycles. The molecule has 0 spiro atoms. The van der Waals surface area contributed by atoms with Gasteiger partial charge in [-0.3, -0.25) is 9.79 Å². The third-order valence-electron chi connectivity index (χ3n) is 8.35. The van der Waals surface area contributed by atoms with Gasteiger partial charge in [0.05, 0.1) is 6.10 Å². The van der Waals surface area contributed by atoms with Crippen molar-refractivity contribution in [1.29, 1.82) is 0 Å². The summed E-state index contributed by atoms with van der Waals surface area (Å²) in [6.07, 6.45) is 11.4. The molecule has 0 aliphatic carbocycles. The van der Waals surface area contributed by atoms with Crippen LogP contribution < -0.4 is 10.1 Å². The van der Waals surface area contributed by atoms with E-state index in [1.165, 1.54) is 30.5 Å². The van der Waals surface area contributed by atoms with Crippen LogP contribution >= 0.6 is 0 Å². The molecule has 0 fully saturated rings. The van der Waals surface area contributed by atoms with Crippen LogP contribution in [0.1, 0.15) is 68.6 Å². The number of aromatic amines is 1. The van der Waals surface area contributed by atoms with Crippen molar-refractivity contribution < 1.29 is 28.5 Å². The fraction of sp³-hybridized carbons (Fsp3) is 0.333. The van der Waals surface area contributed by atoms with Crippen LogP contribution in [0.25, 0.3) is 10.9 Å². The molecule has 2 heterocycles. The van der Waals surface area contributed by atoms with E-state index in [1.54, 1.807) is 6.20 Å². The number of aromatic nitrogens is 1. The zero-order valence-electron chi connectivity index (χ0n) is 25.6. The molecule has 1 aliphatic heterocycles. The molecule has 0 bridgehead atoms. The first-order chi connectivity index (χ1) is 21.6. The Morgan fingerprint density at radius 3 is 2.73 bits per heavy atom. The van der Waals surface area contributed by atoms with Crippen LogP contribution in [0, 0.1) is 5.82 Å². The predicted octanol–water partition coefficient (Wildman–Crippen LogP) is 7.93. The largest absolute Gasteiger partial charge is 0.481 e. The smallest absolute Gasteiger partial charge is 0.303 e. The van der Waals surface area contributed by atoms with Crippen molar-refractivity contribution in [1.82, 2.24) is 10.3 Å². The fourth-order valence-corrected chi connectivity index (χ4v) is 5.83. The molecular weight excluding hydrogens is 576 g/mol. The number of ether oxygens (including phenoxy) is 1. The number of hydrogen-bond acceptors (Lipinski definition) is 5. The number of halogens is 2. The molecule has 9 heteroatoms. The van der Waals surface area contributed by atoms with Crippen LogP contribution in [-0.4, -0.2) is 34.0 Å². The van der Waals surface area contributed by atoms with Gasteiger partial charge in [-0.15, -0.1) is 0 Å². The van der Waals surface area contributed by atoms with Gasteiger partial charge in [-0.05, 0) is 68.3 Å². The normalized spacial score (nSPS) is 23.6. The van der Waals surface area contributed by atoms with Crippen molar-refractivity contribution in [3.8, 4) is 5.75 Å². The summed E-state index contributed by atoms with van der Waals surface area (Å²) in [5.74, 6) is -2.13. The van der Waals surface area contributed by atoms with Crippen molar-refractivity contribution in [2.24, 2.45) is 4.99 Å². The number of aliphatic hydroxyl groups is 1. The van der Waals surface area contributed by atoms with E-state index in [1.807, 2.05) is 37.3 Å². The molecule has 238 valence electrons. The van der Waals surface area contributed by atoms with Gasteiger partial charge in [-0.25, -0.2) is 4.39 Å². The molecule has 2 atom stereocenters. The van der Waals surface area contributed by atoms with Gasteiger partial charge < -0.3 is 25.3 Å². The highest BCUT2D eigenvalue weighted by atomic mass is 19.1. The lowest BCUT2D eigenvalue weighted by Gasteiger charge is -2.34. The molecule has 1 aromatic heterocycles. The summed E-state index contributed by atoms with van der Waals surface area (Å²) >= 11 is 0. The van der Waals surface area contributed by atoms with Crippen LogP contribution in [0.15, 0.2) is 96.0 Å². The van der Waals surface area contributed by atoms with Crippen molar-refractivity contribution in [3.63, 3.8) is 0 Å². The molecular formula is C36H41F2N3O4. The fourth-order valence-electron chi connectivity index (χ4n) is 5.83. The third-order valence-corrected chi connectivity index (χ3v) is 8.35. The van der Waals surface area contributed by atoms with E-state index >= 15 is 8.78 Å². The first-order valence-corrected chi connectivity index (χ1v) is 15.2. The highest BCUT2D eigenvalue weighted by Crippen LogP contribution is 2.38. The van der Waals surface area contributed by atoms with Crippen molar-refractivity contribution in [3.05, 3.63) is 114 Å². The molecule has 2 aromatic carbocycles. The van der Waals surface area contributed by atoms with Gasteiger partial charge in [0.1, 0.15) is 5.76 Å². The summed E-state index contributed by atoms with van der Waals surface area (Å²) in [5, 5.41) is 23.8. The average molecular weight is 618 g/mol. The second kappa shape index (κ2) is 15.5. The number of nitrogens with zero attached hydrogens (tertiary/aromatic N) is 1. The summed E-state index contributed by atoms with van der Waals surface area (Å²) < 4.78 is 36.9. The van der Waals surface area contributed by atoms with Gasteiger partial charge in [0.25, 0.3) is 0 Å². The van der Waals surface area contributed by atoms with E-state index in [0.717, 1.165) is 42.2 Å². The molecule has 1 aliphatic rings. The van der Waals surface area contributed by atoms with Crippen LogP contribution in [0.5, 0.6) is 5.75 Å². The Kier molecular flexibility index (Phi) is 11.5. The zero-order valence-corrected chi connectivity index (χ0v) is 25.6. The highest BCUT2D eigenvalue weighted by molar-refractivity contribution is 5.85. The van der Waals surface area contributed by atoms with E-state index in [4.69, 9.17) is 4.74 Å². The standard InChI is InChI=1S/C36H41F2N3O4/c1-4-27-14-15-33(38)41-32(23-39-3)36(2,25-11-9-10-24(20-25)13-16-34(43)44)18-8-6-5-7-12-26(42)21-29-28-17-19-40-31(28)22-30(37)35(29)45-27/h4,9-11,14-15,17,19-20,22-23,26,40-42H,1,3,5-8,12-13,16,18,21H2,2H3,(H,43,44)/b27-14+,32-23-,33-15-. The number of aliphatic hydroxyl groups excluding tert-OH is 1. The lowest BCUT2D eigenvalue weighted by atomic mass is 9.74. The number of H-pyrrole nitrogens is 1. The average Bonchev–Trinajstić information content (AvgIpc) is 3.48. The van der Waals surface area contributed by atoms with E-state index in [0.29, 0.717) is 36.0 Å². The first kappa shape index (κ1) is 33.4. The number of rotatable bonds is 6. The summed E-state index contributed by atoms with van der Waals surface area (Å²) in [7, 11) is 0. The Morgan fingerprint density at radius 2 is 1.98 bits per heavy atom. The second-order valence-corrected chi connectivity index (χ2v) is 11.6. The minimum Gasteiger partial charge on any atom is -0.481 e. The molecule has 0 saturated carbocycles. The Hall–Kier alpha value is -4.50. The number of fused-ring (bicyclic) bond motifs is 3. The lowest BCUT2D eigenvalue weighted by Crippen LogP contribution is -2.32. The first-order valence-electron chi connectivity index (χ1n) is 15.2. The summed E-state index contributed by atoms with van der Waals surface area (Å²) in [6.45, 7) is 9.36. The molecule has 7 nitrogen and oxygen atoms in total. The third kappa shape index (κ3) is 8.57. The monoisotopic (exact) mass is 617 g/mol. The van der Waals surface area contributed by atoms with Crippen LogP contribution in [0.4, 0.5) is 8.78 Å². The molecule has 45 heavy (non-hydrogen) atoms. The number of benzene rings is 2. The zero-order chi connectivity index (χ0) is 32.4. The van der Waals surface area contributed by atoms with Gasteiger partial charge in [0.15, 0.2) is 17.5 Å². The van der Waals surface area contributed by atoms with Gasteiger partial charge in [0, 0.05) is 58.9 Å². The number of nitrogens with one attached hydrogen (secondary N) is 2. The molecule has 3 aromatic rings. The Bertz CT molecular complexity index is 1620. The number of carboxylic acid groups (broad SMARTS) is 1. The van der Waals surface area contributed by atoms with Gasteiger partial charge in [-0.2, -0.15) is 4.39 Å². The van der Waals surface area contributed by atoms with Crippen molar-refractivity contribution in [2.75, 3.05) is 0 Å². The molecule has 0 amide bonds. The Balaban J connectivity index is 1.74. The van der Waals surface area contributed by atoms with Crippen LogP contribution in [0.3, 0.4) is 0 Å². The van der Waals surface area contributed by atoms with Crippen LogP contribution in [0.2, 0.25) is 0 Å². The summed E-state index contributed by atoms with van der Waals surface area (Å²) in [6, 6.07) is 10.8. The Labute approximate surface area is 262 Å². The quantitative estimate of drug-likeness (QED) is 0.166. The van der Waals surface area contributed by atoms with E-state index in [2.05, 4.69) is 28.6 Å². The van der Waals surface area contributed by atoms with Crippen molar-refractivity contribution >= 4 is 23.6 Å². The SMILES string of the molecule is C=C/C1=C\C=C(\F)N/C(=C\N=C)C(C)(c2cccc(CCC(=O)O)c2)CCCCCCC(O)Cc2c(c(F)cc3[nH]ccc23)O1.